The Hall–Kier alpha value is -3.78. The van der Waals surface area contributed by atoms with Crippen molar-refractivity contribution in [2.75, 3.05) is 26.2 Å². The van der Waals surface area contributed by atoms with E-state index >= 15 is 0 Å². The Balaban J connectivity index is 1.52. The molecule has 0 aliphatic carbocycles. The highest BCUT2D eigenvalue weighted by Crippen LogP contribution is 2.29. The van der Waals surface area contributed by atoms with Crippen LogP contribution in [0, 0.1) is 11.3 Å². The van der Waals surface area contributed by atoms with Crippen LogP contribution in [0.25, 0.3) is 23.0 Å². The van der Waals surface area contributed by atoms with E-state index in [4.69, 9.17) is 9.84 Å². The summed E-state index contributed by atoms with van der Waals surface area (Å²) in [6, 6.07) is 18.1. The van der Waals surface area contributed by atoms with Crippen molar-refractivity contribution in [1.29, 1.82) is 5.26 Å². The number of rotatable bonds is 8. The summed E-state index contributed by atoms with van der Waals surface area (Å²) in [5.41, 5.74) is 2.27. The molecule has 0 bridgehead atoms. The first kappa shape index (κ1) is 25.9. The fourth-order valence-corrected chi connectivity index (χ4v) is 6.29. The maximum absolute atomic E-state index is 13.2. The molecule has 0 unspecified atom stereocenters. The van der Waals surface area contributed by atoms with Crippen LogP contribution in [0.4, 0.5) is 0 Å². The first-order valence-corrected chi connectivity index (χ1v) is 14.2. The van der Waals surface area contributed by atoms with Crippen LogP contribution in [0.5, 0.6) is 0 Å². The fraction of sp³-hybridized carbons (Fsp3) is 0.321. The Labute approximate surface area is 222 Å². The molecule has 2 aromatic carbocycles. The third-order valence-corrected chi connectivity index (χ3v) is 8.65. The summed E-state index contributed by atoms with van der Waals surface area (Å²) < 4.78 is 35.1. The molecule has 38 heavy (non-hydrogen) atoms. The Morgan fingerprint density at radius 1 is 1.13 bits per heavy atom. The number of amides is 1. The summed E-state index contributed by atoms with van der Waals surface area (Å²) in [5.74, 6) is -0.494. The quantitative estimate of drug-likeness (QED) is 0.351. The Bertz CT molecular complexity index is 1480. The summed E-state index contributed by atoms with van der Waals surface area (Å²) in [7, 11) is -3.63. The molecule has 9 nitrogen and oxygen atoms in total. The zero-order valence-corrected chi connectivity index (χ0v) is 21.7. The molecule has 0 saturated carbocycles. The van der Waals surface area contributed by atoms with Gasteiger partial charge in [-0.3, -0.25) is 4.79 Å². The average Bonchev–Trinajstić information content (AvgIpc) is 3.73. The van der Waals surface area contributed by atoms with Gasteiger partial charge in [-0.2, -0.15) is 14.7 Å². The zero-order valence-electron chi connectivity index (χ0n) is 20.9. The lowest BCUT2D eigenvalue weighted by molar-refractivity contribution is -0.117. The number of carbonyl (C=O) groups is 1. The number of hydrogen-bond donors (Lipinski definition) is 1. The van der Waals surface area contributed by atoms with E-state index in [0.717, 1.165) is 31.4 Å². The minimum atomic E-state index is -3.63. The van der Waals surface area contributed by atoms with Crippen molar-refractivity contribution < 1.29 is 17.9 Å². The van der Waals surface area contributed by atoms with Crippen molar-refractivity contribution in [3.8, 4) is 23.0 Å². The van der Waals surface area contributed by atoms with Crippen molar-refractivity contribution in [3.63, 3.8) is 0 Å². The summed E-state index contributed by atoms with van der Waals surface area (Å²) in [6.07, 6.45) is 6.70. The molecule has 1 N–H and O–H groups in total. The third kappa shape index (κ3) is 5.55. The number of nitrogens with zero attached hydrogens (tertiary/aromatic N) is 4. The van der Waals surface area contributed by atoms with E-state index in [2.05, 4.69) is 5.32 Å². The van der Waals surface area contributed by atoms with E-state index < -0.39 is 15.9 Å². The van der Waals surface area contributed by atoms with Gasteiger partial charge in [-0.05, 0) is 56.0 Å². The Kier molecular flexibility index (Phi) is 7.69. The predicted octanol–water partition coefficient (Wildman–Crippen LogP) is 3.53. The average molecular weight is 532 g/mol. The molecule has 1 aromatic heterocycles. The van der Waals surface area contributed by atoms with Crippen molar-refractivity contribution in [1.82, 2.24) is 19.4 Å². The molecular weight excluding hydrogens is 502 g/mol. The number of hydrogen-bond acceptors (Lipinski definition) is 6. The van der Waals surface area contributed by atoms with Crippen LogP contribution >= 0.6 is 0 Å². The van der Waals surface area contributed by atoms with Gasteiger partial charge in [-0.25, -0.2) is 13.1 Å². The van der Waals surface area contributed by atoms with E-state index in [0.29, 0.717) is 43.1 Å². The lowest BCUT2D eigenvalue weighted by Gasteiger charge is -2.16. The molecule has 2 fully saturated rings. The number of carbonyl (C=O) groups excluding carboxylic acids is 1. The lowest BCUT2D eigenvalue weighted by atomic mass is 10.1. The monoisotopic (exact) mass is 531 g/mol. The van der Waals surface area contributed by atoms with E-state index in [-0.39, 0.29) is 16.6 Å². The summed E-state index contributed by atoms with van der Waals surface area (Å²) in [4.78, 5) is 13.0. The molecule has 1 amide bonds. The molecule has 196 valence electrons. The highest BCUT2D eigenvalue weighted by Gasteiger charge is 2.28. The van der Waals surface area contributed by atoms with Gasteiger partial charge in [0.15, 0.2) is 0 Å². The van der Waals surface area contributed by atoms with Gasteiger partial charge in [0.1, 0.15) is 17.3 Å². The standard InChI is InChI=1S/C28H29N5O4S/c29-18-22(28(34)30-19-25-11-7-15-37-25)16-23-20-33(24-9-2-1-3-10-24)31-27(23)21-8-6-12-26(17-21)38(35,36)32-13-4-5-14-32/h1-3,6,8-10,12,16-17,20,25H,4-5,7,11,13-15,19H2,(H,30,34)/b22-16-/t25-/m0/s1. The Morgan fingerprint density at radius 2 is 1.92 bits per heavy atom. The van der Waals surface area contributed by atoms with Crippen LogP contribution < -0.4 is 5.32 Å². The molecule has 2 aliphatic rings. The van der Waals surface area contributed by atoms with Gasteiger partial charge in [0.05, 0.1) is 16.7 Å². The minimum absolute atomic E-state index is 0.0458. The number of aromatic nitrogens is 2. The molecule has 3 aromatic rings. The van der Waals surface area contributed by atoms with Crippen LogP contribution in [0.2, 0.25) is 0 Å². The van der Waals surface area contributed by atoms with Crippen molar-refractivity contribution in [2.24, 2.45) is 0 Å². The third-order valence-electron chi connectivity index (χ3n) is 6.75. The van der Waals surface area contributed by atoms with Crippen LogP contribution in [0.15, 0.2) is 71.3 Å². The van der Waals surface area contributed by atoms with E-state index in [1.54, 1.807) is 35.1 Å². The molecule has 2 aliphatic heterocycles. The van der Waals surface area contributed by atoms with Gasteiger partial charge in [0.25, 0.3) is 5.91 Å². The predicted molar refractivity (Wildman–Crippen MR) is 143 cm³/mol. The maximum Gasteiger partial charge on any atom is 0.262 e. The second kappa shape index (κ2) is 11.3. The van der Waals surface area contributed by atoms with Gasteiger partial charge in [0, 0.05) is 43.6 Å². The fourth-order valence-electron chi connectivity index (χ4n) is 4.72. The molecule has 3 heterocycles. The number of nitriles is 1. The lowest BCUT2D eigenvalue weighted by Crippen LogP contribution is -2.32. The first-order chi connectivity index (χ1) is 18.5. The van der Waals surface area contributed by atoms with Gasteiger partial charge >= 0.3 is 0 Å². The SMILES string of the molecule is N#C/C(=C/c1cn(-c2ccccc2)nc1-c1cccc(S(=O)(=O)N2CCCC2)c1)C(=O)NC[C@@H]1CCCO1. The molecule has 0 radical (unpaired) electrons. The van der Waals surface area contributed by atoms with Crippen molar-refractivity contribution in [3.05, 3.63) is 71.9 Å². The number of sulfonamides is 1. The zero-order chi connectivity index (χ0) is 26.5. The van der Waals surface area contributed by atoms with Crippen molar-refractivity contribution >= 4 is 22.0 Å². The molecule has 2 saturated heterocycles. The maximum atomic E-state index is 13.2. The molecule has 1 atom stereocenters. The van der Waals surface area contributed by atoms with Gasteiger partial charge in [-0.1, -0.05) is 30.3 Å². The first-order valence-electron chi connectivity index (χ1n) is 12.7. The van der Waals surface area contributed by atoms with Crippen LogP contribution in [-0.4, -0.2) is 60.8 Å². The summed E-state index contributed by atoms with van der Waals surface area (Å²) in [6.45, 7) is 2.03. The van der Waals surface area contributed by atoms with Crippen LogP contribution in [0.1, 0.15) is 31.2 Å². The minimum Gasteiger partial charge on any atom is -0.376 e. The summed E-state index contributed by atoms with van der Waals surface area (Å²) in [5, 5.41) is 17.3. The van der Waals surface area contributed by atoms with E-state index in [9.17, 15) is 18.5 Å². The van der Waals surface area contributed by atoms with E-state index in [1.807, 2.05) is 36.4 Å². The molecular formula is C28H29N5O4S. The number of ether oxygens (including phenoxy) is 1. The molecule has 0 spiro atoms. The van der Waals surface area contributed by atoms with E-state index in [1.165, 1.54) is 10.4 Å². The summed E-state index contributed by atoms with van der Waals surface area (Å²) >= 11 is 0. The number of benzene rings is 2. The van der Waals surface area contributed by atoms with Gasteiger partial charge in [-0.15, -0.1) is 0 Å². The second-order valence-electron chi connectivity index (χ2n) is 9.37. The van der Waals surface area contributed by atoms with Crippen LogP contribution in [0.3, 0.4) is 0 Å². The molecule has 5 rings (SSSR count). The normalized spacial score (nSPS) is 18.4. The van der Waals surface area contributed by atoms with Crippen molar-refractivity contribution in [2.45, 2.75) is 36.7 Å². The van der Waals surface area contributed by atoms with Crippen LogP contribution in [-0.2, 0) is 19.6 Å². The highest BCUT2D eigenvalue weighted by molar-refractivity contribution is 7.89. The largest absolute Gasteiger partial charge is 0.376 e. The number of nitrogens with one attached hydrogen (secondary N) is 1. The topological polar surface area (TPSA) is 117 Å². The smallest absolute Gasteiger partial charge is 0.262 e. The number of para-hydroxylation sites is 1. The Morgan fingerprint density at radius 3 is 2.63 bits per heavy atom. The second-order valence-corrected chi connectivity index (χ2v) is 11.3. The molecule has 10 heteroatoms. The van der Waals surface area contributed by atoms with Gasteiger partial charge in [0.2, 0.25) is 10.0 Å². The highest BCUT2D eigenvalue weighted by atomic mass is 32.2. The van der Waals surface area contributed by atoms with Gasteiger partial charge < -0.3 is 10.1 Å².